The molecule has 1 aliphatic carbocycles. The third-order valence-corrected chi connectivity index (χ3v) is 6.58. The van der Waals surface area contributed by atoms with Crippen LogP contribution in [0.1, 0.15) is 29.9 Å². The number of amides is 1. The average Bonchev–Trinajstić information content (AvgIpc) is 3.40. The maximum Gasteiger partial charge on any atom is 0.315 e. The first-order valence-electron chi connectivity index (χ1n) is 9.47. The normalized spacial score (nSPS) is 26.8. The maximum atomic E-state index is 14.4. The number of carboxylic acids is 1. The van der Waals surface area contributed by atoms with Crippen molar-refractivity contribution in [3.8, 4) is 5.75 Å². The lowest BCUT2D eigenvalue weighted by molar-refractivity contribution is -0.152. The Kier molecular flexibility index (Phi) is 3.57. The van der Waals surface area contributed by atoms with E-state index in [2.05, 4.69) is 0 Å². The van der Waals surface area contributed by atoms with E-state index in [4.69, 9.17) is 4.74 Å². The summed E-state index contributed by atoms with van der Waals surface area (Å²) < 4.78 is 20.1. The second-order valence-corrected chi connectivity index (χ2v) is 8.09. The number of likely N-dealkylation sites (tertiary alicyclic amines) is 1. The van der Waals surface area contributed by atoms with Crippen LogP contribution in [0.4, 0.5) is 4.39 Å². The Morgan fingerprint density at radius 3 is 2.54 bits per heavy atom. The van der Waals surface area contributed by atoms with Gasteiger partial charge in [0.25, 0.3) is 0 Å². The number of hydrogen-bond donors (Lipinski definition) is 1. The third kappa shape index (κ3) is 2.23. The molecule has 1 saturated carbocycles. The number of hydrogen-bond acceptors (Lipinski definition) is 3. The number of halogens is 1. The van der Waals surface area contributed by atoms with Gasteiger partial charge in [-0.1, -0.05) is 36.4 Å². The standard InChI is InChI=1S/C22H20FNO4/c23-17-7-3-2-6-15(17)21(9-10-21)19(25)24-11-16-14-5-1-4-8-18(14)28-13-22(16,12-24)20(26)27/h1-8,16H,9-13H2,(H,26,27)/t16-,22-/m0/s1. The number of carbonyl (C=O) groups excluding carboxylic acids is 1. The lowest BCUT2D eigenvalue weighted by atomic mass is 9.73. The van der Waals surface area contributed by atoms with E-state index in [1.807, 2.05) is 24.3 Å². The van der Waals surface area contributed by atoms with Crippen molar-refractivity contribution in [2.45, 2.75) is 24.2 Å². The summed E-state index contributed by atoms with van der Waals surface area (Å²) in [5.41, 5.74) is -0.799. The Morgan fingerprint density at radius 2 is 1.82 bits per heavy atom. The zero-order valence-electron chi connectivity index (χ0n) is 15.2. The molecule has 1 saturated heterocycles. The number of ether oxygens (including phenoxy) is 1. The molecule has 2 aliphatic heterocycles. The topological polar surface area (TPSA) is 66.8 Å². The Bertz CT molecular complexity index is 986. The van der Waals surface area contributed by atoms with E-state index in [0.29, 0.717) is 30.7 Å². The van der Waals surface area contributed by atoms with Crippen LogP contribution >= 0.6 is 0 Å². The van der Waals surface area contributed by atoms with E-state index >= 15 is 0 Å². The molecule has 0 bridgehead atoms. The van der Waals surface area contributed by atoms with Gasteiger partial charge in [0, 0.05) is 30.1 Å². The van der Waals surface area contributed by atoms with Crippen LogP contribution in [0.5, 0.6) is 5.75 Å². The lowest BCUT2D eigenvalue weighted by Gasteiger charge is -2.35. The molecule has 6 heteroatoms. The number of fused-ring (bicyclic) bond motifs is 3. The third-order valence-electron chi connectivity index (χ3n) is 6.58. The fraction of sp³-hybridized carbons (Fsp3) is 0.364. The molecule has 2 aromatic carbocycles. The van der Waals surface area contributed by atoms with Crippen molar-refractivity contribution < 1.29 is 23.8 Å². The predicted octanol–water partition coefficient (Wildman–Crippen LogP) is 2.95. The highest BCUT2D eigenvalue weighted by Gasteiger charge is 2.61. The molecule has 3 aliphatic rings. The van der Waals surface area contributed by atoms with E-state index in [1.165, 1.54) is 6.07 Å². The second kappa shape index (κ2) is 5.80. The van der Waals surface area contributed by atoms with Gasteiger partial charge in [-0.15, -0.1) is 0 Å². The summed E-state index contributed by atoms with van der Waals surface area (Å²) in [6, 6.07) is 13.8. The second-order valence-electron chi connectivity index (χ2n) is 8.09. The fourth-order valence-corrected chi connectivity index (χ4v) is 4.87. The van der Waals surface area contributed by atoms with Crippen LogP contribution in [0.2, 0.25) is 0 Å². The molecule has 2 atom stereocenters. The highest BCUT2D eigenvalue weighted by Crippen LogP contribution is 2.54. The van der Waals surface area contributed by atoms with Crippen molar-refractivity contribution in [1.82, 2.24) is 4.90 Å². The Hall–Kier alpha value is -2.89. The van der Waals surface area contributed by atoms with Gasteiger partial charge in [-0.2, -0.15) is 0 Å². The van der Waals surface area contributed by atoms with Crippen LogP contribution < -0.4 is 4.74 Å². The summed E-state index contributed by atoms with van der Waals surface area (Å²) in [5.74, 6) is -1.18. The molecule has 144 valence electrons. The molecule has 0 spiro atoms. The quantitative estimate of drug-likeness (QED) is 0.888. The number of aliphatic carboxylic acids is 1. The van der Waals surface area contributed by atoms with Gasteiger partial charge in [-0.25, -0.2) is 4.39 Å². The van der Waals surface area contributed by atoms with Crippen LogP contribution in [-0.4, -0.2) is 41.6 Å². The van der Waals surface area contributed by atoms with E-state index in [0.717, 1.165) is 5.56 Å². The van der Waals surface area contributed by atoms with Crippen LogP contribution in [-0.2, 0) is 15.0 Å². The summed E-state index contributed by atoms with van der Waals surface area (Å²) in [7, 11) is 0. The molecular weight excluding hydrogens is 361 g/mol. The van der Waals surface area contributed by atoms with Gasteiger partial charge in [0.15, 0.2) is 0 Å². The molecule has 1 N–H and O–H groups in total. The number of nitrogens with zero attached hydrogens (tertiary/aromatic N) is 1. The smallest absolute Gasteiger partial charge is 0.315 e. The summed E-state index contributed by atoms with van der Waals surface area (Å²) in [6.45, 7) is 0.415. The molecule has 2 fully saturated rings. The minimum Gasteiger partial charge on any atom is -0.492 e. The molecule has 0 radical (unpaired) electrons. The summed E-state index contributed by atoms with van der Waals surface area (Å²) in [5, 5.41) is 10.0. The van der Waals surface area contributed by atoms with E-state index in [-0.39, 0.29) is 30.8 Å². The minimum atomic E-state index is -1.17. The van der Waals surface area contributed by atoms with Crippen molar-refractivity contribution in [1.29, 1.82) is 0 Å². The summed E-state index contributed by atoms with van der Waals surface area (Å²) >= 11 is 0. The lowest BCUT2D eigenvalue weighted by Crippen LogP contribution is -2.46. The molecule has 1 amide bonds. The van der Waals surface area contributed by atoms with Crippen LogP contribution in [0.15, 0.2) is 48.5 Å². The average molecular weight is 381 g/mol. The number of para-hydroxylation sites is 1. The van der Waals surface area contributed by atoms with E-state index in [9.17, 15) is 19.1 Å². The minimum absolute atomic E-state index is 0.0283. The Balaban J connectivity index is 1.51. The van der Waals surface area contributed by atoms with Crippen LogP contribution in [0, 0.1) is 11.2 Å². The van der Waals surface area contributed by atoms with Crippen molar-refractivity contribution >= 4 is 11.9 Å². The Labute approximate surface area is 161 Å². The molecule has 0 aromatic heterocycles. The highest BCUT2D eigenvalue weighted by atomic mass is 19.1. The first-order chi connectivity index (χ1) is 13.5. The van der Waals surface area contributed by atoms with Gasteiger partial charge < -0.3 is 14.7 Å². The summed E-state index contributed by atoms with van der Waals surface area (Å²) in [4.78, 5) is 27.3. The number of carboxylic acid groups (broad SMARTS) is 1. The molecule has 5 nitrogen and oxygen atoms in total. The van der Waals surface area contributed by atoms with Crippen molar-refractivity contribution in [2.75, 3.05) is 19.7 Å². The largest absolute Gasteiger partial charge is 0.492 e. The zero-order chi connectivity index (χ0) is 19.5. The molecule has 2 aromatic rings. The first-order valence-corrected chi connectivity index (χ1v) is 9.47. The SMILES string of the molecule is O=C(N1C[C@H]2c3ccccc3OC[C@@]2(C(=O)O)C1)C1(c2ccccc2F)CC1. The fourth-order valence-electron chi connectivity index (χ4n) is 4.87. The van der Waals surface area contributed by atoms with Crippen molar-refractivity contribution in [3.05, 3.63) is 65.5 Å². The van der Waals surface area contributed by atoms with Gasteiger partial charge >= 0.3 is 5.97 Å². The predicted molar refractivity (Wildman–Crippen MR) is 98.6 cm³/mol. The van der Waals surface area contributed by atoms with Crippen LogP contribution in [0.3, 0.4) is 0 Å². The molecule has 28 heavy (non-hydrogen) atoms. The molecular formula is C22H20FNO4. The molecule has 5 rings (SSSR count). The number of carbonyl (C=O) groups is 2. The van der Waals surface area contributed by atoms with Gasteiger partial charge in [0.05, 0.1) is 5.41 Å². The van der Waals surface area contributed by atoms with Gasteiger partial charge in [0.1, 0.15) is 23.6 Å². The van der Waals surface area contributed by atoms with E-state index in [1.54, 1.807) is 23.1 Å². The van der Waals surface area contributed by atoms with E-state index < -0.39 is 16.8 Å². The maximum absolute atomic E-state index is 14.4. The monoisotopic (exact) mass is 381 g/mol. The van der Waals surface area contributed by atoms with Crippen molar-refractivity contribution in [3.63, 3.8) is 0 Å². The van der Waals surface area contributed by atoms with Crippen molar-refractivity contribution in [2.24, 2.45) is 5.41 Å². The van der Waals surface area contributed by atoms with Gasteiger partial charge in [0.2, 0.25) is 5.91 Å². The Morgan fingerprint density at radius 1 is 1.11 bits per heavy atom. The van der Waals surface area contributed by atoms with Crippen LogP contribution in [0.25, 0.3) is 0 Å². The molecule has 2 heterocycles. The number of rotatable bonds is 3. The summed E-state index contributed by atoms with van der Waals surface area (Å²) in [6.07, 6.45) is 1.17. The number of benzene rings is 2. The molecule has 0 unspecified atom stereocenters. The highest BCUT2D eigenvalue weighted by molar-refractivity contribution is 5.93. The van der Waals surface area contributed by atoms with Gasteiger partial charge in [-0.3, -0.25) is 9.59 Å². The zero-order valence-corrected chi connectivity index (χ0v) is 15.2. The first kappa shape index (κ1) is 17.2. The van der Waals surface area contributed by atoms with Gasteiger partial charge in [-0.05, 0) is 25.0 Å².